The number of ether oxygens (including phenoxy) is 3. The fraction of sp³-hybridized carbons (Fsp3) is 0.500. The Labute approximate surface area is 111 Å². The van der Waals surface area contributed by atoms with Crippen LogP contribution in [-0.2, 0) is 14.9 Å². The van der Waals surface area contributed by atoms with Gasteiger partial charge in [-0.1, -0.05) is 13.0 Å². The van der Waals surface area contributed by atoms with Gasteiger partial charge in [0.05, 0.1) is 13.2 Å². The normalized spacial score (nSPS) is 20.7. The monoisotopic (exact) mass is 264 g/mol. The van der Waals surface area contributed by atoms with Crippen LogP contribution in [-0.4, -0.2) is 31.1 Å². The van der Waals surface area contributed by atoms with Crippen LogP contribution in [0, 0.1) is 5.92 Å². The summed E-state index contributed by atoms with van der Waals surface area (Å²) in [5.74, 6) is 0.704. The Morgan fingerprint density at radius 2 is 2.11 bits per heavy atom. The molecule has 0 aliphatic carbocycles. The van der Waals surface area contributed by atoms with Gasteiger partial charge in [0.25, 0.3) is 0 Å². The predicted molar refractivity (Wildman–Crippen MR) is 66.5 cm³/mol. The Morgan fingerprint density at radius 1 is 1.37 bits per heavy atom. The molecule has 1 fully saturated rings. The first kappa shape index (κ1) is 12.3. The summed E-state index contributed by atoms with van der Waals surface area (Å²) in [5.41, 5.74) is 0.844. The van der Waals surface area contributed by atoms with Gasteiger partial charge in [-0.25, -0.2) is 0 Å². The Balaban J connectivity index is 1.91. The van der Waals surface area contributed by atoms with Gasteiger partial charge in [-0.05, 0) is 23.6 Å². The molecule has 0 saturated carbocycles. The van der Waals surface area contributed by atoms with Gasteiger partial charge < -0.3 is 19.3 Å². The lowest BCUT2D eigenvalue weighted by molar-refractivity contribution is -0.142. The van der Waals surface area contributed by atoms with Gasteiger partial charge in [-0.15, -0.1) is 0 Å². The van der Waals surface area contributed by atoms with Gasteiger partial charge in [0.15, 0.2) is 11.5 Å². The lowest BCUT2D eigenvalue weighted by atomic mass is 9.68. The van der Waals surface area contributed by atoms with E-state index in [0.717, 1.165) is 17.1 Å². The maximum Gasteiger partial charge on any atom is 0.303 e. The van der Waals surface area contributed by atoms with Crippen LogP contribution in [0.15, 0.2) is 18.2 Å². The van der Waals surface area contributed by atoms with Crippen molar-refractivity contribution in [1.82, 2.24) is 0 Å². The largest absolute Gasteiger partial charge is 0.481 e. The number of rotatable bonds is 4. The van der Waals surface area contributed by atoms with Crippen molar-refractivity contribution in [3.63, 3.8) is 0 Å². The zero-order valence-corrected chi connectivity index (χ0v) is 10.7. The van der Waals surface area contributed by atoms with E-state index >= 15 is 0 Å². The van der Waals surface area contributed by atoms with E-state index in [1.165, 1.54) is 0 Å². The SMILES string of the molecule is CC(CC(=O)O)C1(c2ccc3c(c2)OCO3)COC1. The first-order valence-corrected chi connectivity index (χ1v) is 6.31. The van der Waals surface area contributed by atoms with Gasteiger partial charge >= 0.3 is 5.97 Å². The van der Waals surface area contributed by atoms with Crippen molar-refractivity contribution in [3.8, 4) is 11.5 Å². The molecule has 1 N–H and O–H groups in total. The molecule has 19 heavy (non-hydrogen) atoms. The lowest BCUT2D eigenvalue weighted by Gasteiger charge is -2.46. The minimum absolute atomic E-state index is 0.0131. The molecule has 1 aromatic rings. The quantitative estimate of drug-likeness (QED) is 0.898. The van der Waals surface area contributed by atoms with Gasteiger partial charge in [0, 0.05) is 11.8 Å². The van der Waals surface area contributed by atoms with Crippen molar-refractivity contribution in [2.24, 2.45) is 5.92 Å². The lowest BCUT2D eigenvalue weighted by Crippen LogP contribution is -2.52. The molecule has 0 aromatic heterocycles. The van der Waals surface area contributed by atoms with Crippen molar-refractivity contribution >= 4 is 5.97 Å². The number of fused-ring (bicyclic) bond motifs is 1. The molecular formula is C14H16O5. The number of carbonyl (C=O) groups is 1. The van der Waals surface area contributed by atoms with E-state index in [0.29, 0.717) is 13.2 Å². The molecule has 0 bridgehead atoms. The molecule has 3 rings (SSSR count). The molecule has 1 unspecified atom stereocenters. The summed E-state index contributed by atoms with van der Waals surface area (Å²) < 4.78 is 16.0. The third kappa shape index (κ3) is 1.94. The van der Waals surface area contributed by atoms with Crippen LogP contribution in [0.2, 0.25) is 0 Å². The molecule has 2 aliphatic heterocycles. The second-order valence-corrected chi connectivity index (χ2v) is 5.22. The Hall–Kier alpha value is -1.75. The van der Waals surface area contributed by atoms with Crippen LogP contribution >= 0.6 is 0 Å². The smallest absolute Gasteiger partial charge is 0.303 e. The summed E-state index contributed by atoms with van der Waals surface area (Å²) in [6, 6.07) is 5.81. The van der Waals surface area contributed by atoms with Crippen molar-refractivity contribution in [3.05, 3.63) is 23.8 Å². The van der Waals surface area contributed by atoms with Crippen LogP contribution in [0.5, 0.6) is 11.5 Å². The summed E-state index contributed by atoms with van der Waals surface area (Å²) >= 11 is 0. The Kier molecular flexibility index (Phi) is 2.86. The topological polar surface area (TPSA) is 65.0 Å². The molecular weight excluding hydrogens is 248 g/mol. The minimum Gasteiger partial charge on any atom is -0.481 e. The molecule has 102 valence electrons. The van der Waals surface area contributed by atoms with Gasteiger partial charge in [0.2, 0.25) is 6.79 Å². The zero-order chi connectivity index (χ0) is 13.5. The molecule has 2 heterocycles. The van der Waals surface area contributed by atoms with Crippen LogP contribution in [0.1, 0.15) is 18.9 Å². The second-order valence-electron chi connectivity index (χ2n) is 5.22. The number of hydrogen-bond acceptors (Lipinski definition) is 4. The van der Waals surface area contributed by atoms with Crippen LogP contribution in [0.4, 0.5) is 0 Å². The van der Waals surface area contributed by atoms with E-state index in [1.807, 2.05) is 25.1 Å². The second kappa shape index (κ2) is 4.42. The van der Waals surface area contributed by atoms with Crippen LogP contribution < -0.4 is 9.47 Å². The molecule has 5 nitrogen and oxygen atoms in total. The van der Waals surface area contributed by atoms with Gasteiger partial charge in [-0.2, -0.15) is 0 Å². The number of carboxylic acids is 1. The molecule has 1 saturated heterocycles. The van der Waals surface area contributed by atoms with E-state index in [9.17, 15) is 4.79 Å². The van der Waals surface area contributed by atoms with Crippen molar-refractivity contribution < 1.29 is 24.1 Å². The van der Waals surface area contributed by atoms with E-state index in [2.05, 4.69) is 0 Å². The number of carboxylic acid groups (broad SMARTS) is 1. The number of aliphatic carboxylic acids is 1. The van der Waals surface area contributed by atoms with Gasteiger partial charge in [0.1, 0.15) is 0 Å². The molecule has 0 spiro atoms. The highest BCUT2D eigenvalue weighted by molar-refractivity contribution is 5.67. The third-order valence-electron chi connectivity index (χ3n) is 4.09. The maximum absolute atomic E-state index is 10.9. The number of hydrogen-bond donors (Lipinski definition) is 1. The summed E-state index contributed by atoms with van der Waals surface area (Å²) in [6.07, 6.45) is 0.137. The van der Waals surface area contributed by atoms with Gasteiger partial charge in [-0.3, -0.25) is 4.79 Å². The number of benzene rings is 1. The van der Waals surface area contributed by atoms with E-state index in [-0.39, 0.29) is 24.5 Å². The first-order chi connectivity index (χ1) is 9.12. The van der Waals surface area contributed by atoms with Crippen molar-refractivity contribution in [2.75, 3.05) is 20.0 Å². The van der Waals surface area contributed by atoms with Crippen molar-refractivity contribution in [1.29, 1.82) is 0 Å². The van der Waals surface area contributed by atoms with E-state index < -0.39 is 5.97 Å². The molecule has 1 aromatic carbocycles. The summed E-state index contributed by atoms with van der Waals surface area (Å²) in [4.78, 5) is 10.9. The first-order valence-electron chi connectivity index (χ1n) is 6.31. The van der Waals surface area contributed by atoms with Crippen LogP contribution in [0.25, 0.3) is 0 Å². The Bertz CT molecular complexity index is 507. The maximum atomic E-state index is 10.9. The summed E-state index contributed by atoms with van der Waals surface area (Å²) in [6.45, 7) is 3.32. The fourth-order valence-corrected chi connectivity index (χ4v) is 2.72. The highest BCUT2D eigenvalue weighted by atomic mass is 16.7. The van der Waals surface area contributed by atoms with Crippen LogP contribution in [0.3, 0.4) is 0 Å². The average Bonchev–Trinajstić information content (AvgIpc) is 2.73. The fourth-order valence-electron chi connectivity index (χ4n) is 2.72. The zero-order valence-electron chi connectivity index (χ0n) is 10.7. The molecule has 5 heteroatoms. The van der Waals surface area contributed by atoms with Crippen molar-refractivity contribution in [2.45, 2.75) is 18.8 Å². The highest BCUT2D eigenvalue weighted by Crippen LogP contribution is 2.44. The highest BCUT2D eigenvalue weighted by Gasteiger charge is 2.46. The molecule has 2 aliphatic rings. The van der Waals surface area contributed by atoms with E-state index in [4.69, 9.17) is 19.3 Å². The molecule has 1 atom stereocenters. The minimum atomic E-state index is -0.778. The average molecular weight is 264 g/mol. The Morgan fingerprint density at radius 3 is 2.74 bits per heavy atom. The third-order valence-corrected chi connectivity index (χ3v) is 4.09. The van der Waals surface area contributed by atoms with E-state index in [1.54, 1.807) is 0 Å². The predicted octanol–water partition coefficient (Wildman–Crippen LogP) is 1.79. The standard InChI is InChI=1S/C14H16O5/c1-9(4-13(15)16)14(6-17-7-14)10-2-3-11-12(5-10)19-8-18-11/h2-3,5,9H,4,6-8H2,1H3,(H,15,16). The molecule has 0 radical (unpaired) electrons. The summed E-state index contributed by atoms with van der Waals surface area (Å²) in [7, 11) is 0. The molecule has 0 amide bonds. The summed E-state index contributed by atoms with van der Waals surface area (Å²) in [5, 5.41) is 8.98.